The summed E-state index contributed by atoms with van der Waals surface area (Å²) in [6.07, 6.45) is 0.408. The number of benzene rings is 2. The highest BCUT2D eigenvalue weighted by Gasteiger charge is 2.35. The van der Waals surface area contributed by atoms with Crippen LogP contribution >= 0.6 is 0 Å². The summed E-state index contributed by atoms with van der Waals surface area (Å²) in [4.78, 5) is 29.4. The van der Waals surface area contributed by atoms with E-state index in [9.17, 15) is 9.59 Å². The topological polar surface area (TPSA) is 65.5 Å². The van der Waals surface area contributed by atoms with Crippen LogP contribution in [0.5, 0.6) is 0 Å². The minimum Gasteiger partial charge on any atom is -0.450 e. The van der Waals surface area contributed by atoms with E-state index in [4.69, 9.17) is 9.84 Å². The normalized spacial score (nSPS) is 18.5. The van der Waals surface area contributed by atoms with Crippen LogP contribution in [-0.4, -0.2) is 71.9 Å². The fourth-order valence-electron chi connectivity index (χ4n) is 4.76. The summed E-state index contributed by atoms with van der Waals surface area (Å²) in [5.41, 5.74) is 7.96. The molecule has 0 aromatic heterocycles. The van der Waals surface area contributed by atoms with Gasteiger partial charge in [-0.2, -0.15) is 5.10 Å². The number of carbonyl (C=O) groups excluding carboxylic acids is 2. The molecular formula is C28H36N4O3. The van der Waals surface area contributed by atoms with Gasteiger partial charge >= 0.3 is 6.09 Å². The molecule has 35 heavy (non-hydrogen) atoms. The molecule has 0 spiro atoms. The second kappa shape index (κ2) is 10.6. The SMILES string of the molecule is CCOC(=O)N1CCN(CC(=O)N2N=C(c3ccc(C)c(C)c3)C[C@H]2c2cc(C)ccc2C)CC1. The van der Waals surface area contributed by atoms with E-state index in [0.29, 0.717) is 39.2 Å². The maximum Gasteiger partial charge on any atom is 0.409 e. The highest BCUT2D eigenvalue weighted by molar-refractivity contribution is 6.03. The number of hydrazone groups is 1. The van der Waals surface area contributed by atoms with E-state index in [1.54, 1.807) is 9.91 Å². The molecule has 0 unspecified atom stereocenters. The van der Waals surface area contributed by atoms with Crippen LogP contribution in [0.2, 0.25) is 0 Å². The second-order valence-electron chi connectivity index (χ2n) is 9.63. The predicted octanol–water partition coefficient (Wildman–Crippen LogP) is 4.37. The van der Waals surface area contributed by atoms with Crippen molar-refractivity contribution in [2.24, 2.45) is 5.10 Å². The zero-order valence-electron chi connectivity index (χ0n) is 21.5. The van der Waals surface area contributed by atoms with E-state index < -0.39 is 0 Å². The van der Waals surface area contributed by atoms with Gasteiger partial charge in [-0.1, -0.05) is 35.9 Å². The van der Waals surface area contributed by atoms with Crippen molar-refractivity contribution >= 4 is 17.7 Å². The summed E-state index contributed by atoms with van der Waals surface area (Å²) in [5.74, 6) is -0.0145. The zero-order valence-corrected chi connectivity index (χ0v) is 21.5. The van der Waals surface area contributed by atoms with Gasteiger partial charge in [0.15, 0.2) is 0 Å². The first-order chi connectivity index (χ1) is 16.8. The monoisotopic (exact) mass is 476 g/mol. The van der Waals surface area contributed by atoms with E-state index in [0.717, 1.165) is 22.4 Å². The molecule has 2 aliphatic heterocycles. The van der Waals surface area contributed by atoms with E-state index >= 15 is 0 Å². The minimum atomic E-state index is -0.282. The summed E-state index contributed by atoms with van der Waals surface area (Å²) in [6.45, 7) is 13.2. The third-order valence-corrected chi connectivity index (χ3v) is 7.06. The number of piperazine rings is 1. The predicted molar refractivity (Wildman–Crippen MR) is 138 cm³/mol. The van der Waals surface area contributed by atoms with Crippen LogP contribution in [0, 0.1) is 27.7 Å². The molecule has 7 nitrogen and oxygen atoms in total. The van der Waals surface area contributed by atoms with Crippen molar-refractivity contribution in [3.8, 4) is 0 Å². The molecule has 1 saturated heterocycles. The molecule has 186 valence electrons. The van der Waals surface area contributed by atoms with Crippen molar-refractivity contribution in [1.82, 2.24) is 14.8 Å². The van der Waals surface area contributed by atoms with Crippen LogP contribution in [0.15, 0.2) is 41.5 Å². The van der Waals surface area contributed by atoms with Crippen LogP contribution in [0.4, 0.5) is 4.79 Å². The Balaban J connectivity index is 1.54. The number of ether oxygens (including phenoxy) is 1. The number of nitrogens with zero attached hydrogens (tertiary/aromatic N) is 4. The van der Waals surface area contributed by atoms with Gasteiger partial charge in [-0.05, 0) is 68.5 Å². The molecule has 0 aliphatic carbocycles. The van der Waals surface area contributed by atoms with Crippen molar-refractivity contribution in [3.05, 3.63) is 69.8 Å². The van der Waals surface area contributed by atoms with Gasteiger partial charge in [0.25, 0.3) is 5.91 Å². The Morgan fingerprint density at radius 2 is 1.66 bits per heavy atom. The molecule has 0 saturated carbocycles. The maximum absolute atomic E-state index is 13.6. The lowest BCUT2D eigenvalue weighted by molar-refractivity contribution is -0.134. The van der Waals surface area contributed by atoms with Gasteiger partial charge in [-0.15, -0.1) is 0 Å². The standard InChI is InChI=1S/C28H36N4O3/c1-6-35-28(34)31-13-11-30(12-14-31)18-27(33)32-26(24-15-19(2)7-8-21(24)4)17-25(29-32)23-10-9-20(3)22(5)16-23/h7-10,15-16,26H,6,11-14,17-18H2,1-5H3/t26-/m0/s1. The van der Waals surface area contributed by atoms with Gasteiger partial charge in [0.1, 0.15) is 0 Å². The molecule has 2 amide bonds. The van der Waals surface area contributed by atoms with E-state index in [2.05, 4.69) is 69.0 Å². The third kappa shape index (κ3) is 5.56. The molecule has 2 heterocycles. The Morgan fingerprint density at radius 1 is 0.943 bits per heavy atom. The molecule has 2 aromatic carbocycles. The number of rotatable bonds is 5. The Labute approximate surface area is 208 Å². The number of hydrogen-bond donors (Lipinski definition) is 0. The first kappa shape index (κ1) is 24.9. The summed E-state index contributed by atoms with van der Waals surface area (Å²) < 4.78 is 5.11. The van der Waals surface area contributed by atoms with Crippen molar-refractivity contribution in [1.29, 1.82) is 0 Å². The summed E-state index contributed by atoms with van der Waals surface area (Å²) in [7, 11) is 0. The van der Waals surface area contributed by atoms with Gasteiger partial charge < -0.3 is 9.64 Å². The molecule has 1 fully saturated rings. The van der Waals surface area contributed by atoms with E-state index in [1.807, 2.05) is 6.92 Å². The van der Waals surface area contributed by atoms with Crippen molar-refractivity contribution < 1.29 is 14.3 Å². The van der Waals surface area contributed by atoms with Crippen molar-refractivity contribution in [2.75, 3.05) is 39.3 Å². The first-order valence-electron chi connectivity index (χ1n) is 12.4. The highest BCUT2D eigenvalue weighted by Crippen LogP contribution is 2.35. The molecular weight excluding hydrogens is 440 g/mol. The fraction of sp³-hybridized carbons (Fsp3) is 0.464. The molecule has 1 atom stereocenters. The number of aryl methyl sites for hydroxylation is 4. The van der Waals surface area contributed by atoms with E-state index in [-0.39, 0.29) is 24.6 Å². The van der Waals surface area contributed by atoms with Crippen molar-refractivity contribution in [2.45, 2.75) is 47.1 Å². The quantitative estimate of drug-likeness (QED) is 0.643. The highest BCUT2D eigenvalue weighted by atomic mass is 16.6. The van der Waals surface area contributed by atoms with Gasteiger partial charge in [-0.3, -0.25) is 9.69 Å². The average molecular weight is 477 g/mol. The smallest absolute Gasteiger partial charge is 0.409 e. The molecule has 0 N–H and O–H groups in total. The number of carbonyl (C=O) groups is 2. The zero-order chi connectivity index (χ0) is 25.1. The van der Waals surface area contributed by atoms with Crippen LogP contribution in [-0.2, 0) is 9.53 Å². The molecule has 4 rings (SSSR count). The van der Waals surface area contributed by atoms with Crippen LogP contribution in [0.3, 0.4) is 0 Å². The van der Waals surface area contributed by atoms with Crippen LogP contribution < -0.4 is 0 Å². The molecule has 2 aliphatic rings. The van der Waals surface area contributed by atoms with Gasteiger partial charge in [0.2, 0.25) is 0 Å². The summed E-state index contributed by atoms with van der Waals surface area (Å²) in [5, 5.41) is 6.58. The summed E-state index contributed by atoms with van der Waals surface area (Å²) >= 11 is 0. The van der Waals surface area contributed by atoms with Gasteiger partial charge in [-0.25, -0.2) is 9.80 Å². The molecule has 2 aromatic rings. The van der Waals surface area contributed by atoms with Crippen LogP contribution in [0.1, 0.15) is 52.8 Å². The van der Waals surface area contributed by atoms with E-state index in [1.165, 1.54) is 16.7 Å². The lowest BCUT2D eigenvalue weighted by atomic mass is 9.93. The van der Waals surface area contributed by atoms with Crippen molar-refractivity contribution in [3.63, 3.8) is 0 Å². The molecule has 0 bridgehead atoms. The first-order valence-corrected chi connectivity index (χ1v) is 12.4. The minimum absolute atomic E-state index is 0.0145. The lowest BCUT2D eigenvalue weighted by Gasteiger charge is -2.34. The fourth-order valence-corrected chi connectivity index (χ4v) is 4.76. The molecule has 0 radical (unpaired) electrons. The maximum atomic E-state index is 13.6. The largest absolute Gasteiger partial charge is 0.450 e. The van der Waals surface area contributed by atoms with Crippen LogP contribution in [0.25, 0.3) is 0 Å². The Hall–Kier alpha value is -3.19. The summed E-state index contributed by atoms with van der Waals surface area (Å²) in [6, 6.07) is 12.7. The lowest BCUT2D eigenvalue weighted by Crippen LogP contribution is -2.51. The third-order valence-electron chi connectivity index (χ3n) is 7.06. The second-order valence-corrected chi connectivity index (χ2v) is 9.63. The Morgan fingerprint density at radius 3 is 2.34 bits per heavy atom. The van der Waals surface area contributed by atoms with Gasteiger partial charge in [0.05, 0.1) is 24.9 Å². The molecule has 7 heteroatoms. The number of amides is 2. The Bertz CT molecular complexity index is 1140. The van der Waals surface area contributed by atoms with Gasteiger partial charge in [0, 0.05) is 32.6 Å². The average Bonchev–Trinajstić information content (AvgIpc) is 3.28. The number of hydrogen-bond acceptors (Lipinski definition) is 5. The Kier molecular flexibility index (Phi) is 7.55.